The quantitative estimate of drug-likeness (QED) is 0.329. The zero-order valence-corrected chi connectivity index (χ0v) is 13.3. The molecule has 0 heteroatoms. The van der Waals surface area contributed by atoms with Crippen molar-refractivity contribution in [3.63, 3.8) is 0 Å². The third kappa shape index (κ3) is 82.1. The van der Waals surface area contributed by atoms with Gasteiger partial charge in [0.05, 0.1) is 0 Å². The van der Waals surface area contributed by atoms with Crippen LogP contribution in [-0.4, -0.2) is 0 Å². The van der Waals surface area contributed by atoms with Gasteiger partial charge in [0.15, 0.2) is 0 Å². The minimum absolute atomic E-state index is 1.37. The third-order valence-electron chi connectivity index (χ3n) is 1.96. The summed E-state index contributed by atoms with van der Waals surface area (Å²) in [5.41, 5.74) is 0. The van der Waals surface area contributed by atoms with Crippen molar-refractivity contribution in [3.05, 3.63) is 52.6 Å². The molecule has 0 aromatic carbocycles. The van der Waals surface area contributed by atoms with E-state index in [1.807, 2.05) is 0 Å². The van der Waals surface area contributed by atoms with Crippen LogP contribution in [0.1, 0.15) is 65.2 Å². The van der Waals surface area contributed by atoms with Crippen molar-refractivity contribution in [3.8, 4) is 0 Å². The second-order valence-electron chi connectivity index (χ2n) is 3.12. The monoisotopic (exact) mass is 254 g/mol. The van der Waals surface area contributed by atoms with E-state index in [0.717, 1.165) is 0 Å². The lowest BCUT2D eigenvalue weighted by molar-refractivity contribution is 0.585. The molecule has 0 aromatic rings. The molecule has 0 aromatic heterocycles. The highest BCUT2D eigenvalue weighted by Gasteiger charge is 1.87. The fraction of sp³-hybridized carbons (Fsp3) is 0.556. The molecule has 0 saturated heterocycles. The molecule has 0 radical (unpaired) electrons. The van der Waals surface area contributed by atoms with Crippen molar-refractivity contribution in [2.45, 2.75) is 65.2 Å². The van der Waals surface area contributed by atoms with E-state index in [2.05, 4.69) is 66.5 Å². The van der Waals surface area contributed by atoms with Crippen LogP contribution in [0.25, 0.3) is 0 Å². The molecule has 0 bridgehead atoms. The molecular weight excluding hydrogens is 216 g/mol. The van der Waals surface area contributed by atoms with Gasteiger partial charge in [0.1, 0.15) is 0 Å². The van der Waals surface area contributed by atoms with E-state index in [-0.39, 0.29) is 0 Å². The van der Waals surface area contributed by atoms with Gasteiger partial charge >= 0.3 is 0 Å². The maximum atomic E-state index is 3.00. The van der Waals surface area contributed by atoms with Crippen LogP contribution in [0, 0.1) is 0 Å². The average molecular weight is 255 g/mol. The zero-order chi connectivity index (χ0) is 15.7. The molecule has 18 heavy (non-hydrogen) atoms. The smallest absolute Gasteiger partial charge is 0.0533 e. The Bertz CT molecular complexity index is 70.0. The first-order valence-electron chi connectivity index (χ1n) is 6.91. The molecule has 0 saturated carbocycles. The normalized spacial score (nSPS) is 6.56. The fourth-order valence-electron chi connectivity index (χ4n) is 1.21. The van der Waals surface area contributed by atoms with Crippen LogP contribution in [0.3, 0.4) is 0 Å². The number of rotatable bonds is 7. The lowest BCUT2D eigenvalue weighted by atomic mass is 10.1. The summed E-state index contributed by atoms with van der Waals surface area (Å²) >= 11 is 0. The SMILES string of the molecule is C=C.C=C.C=C.C=C.CCCCCCCCCC. The molecule has 0 aliphatic heterocycles. The predicted octanol–water partition coefficient (Wildman–Crippen LogP) is 7.36. The van der Waals surface area contributed by atoms with Crippen LogP contribution >= 0.6 is 0 Å². The average Bonchev–Trinajstić information content (AvgIpc) is 2.51. The Morgan fingerprint density at radius 2 is 0.556 bits per heavy atom. The van der Waals surface area contributed by atoms with Crippen LogP contribution in [0.15, 0.2) is 52.6 Å². The van der Waals surface area contributed by atoms with Gasteiger partial charge < -0.3 is 0 Å². The molecule has 0 unspecified atom stereocenters. The fourth-order valence-corrected chi connectivity index (χ4v) is 1.21. The van der Waals surface area contributed by atoms with Crippen LogP contribution in [0.2, 0.25) is 0 Å². The highest BCUT2D eigenvalue weighted by atomic mass is 13.9. The van der Waals surface area contributed by atoms with E-state index < -0.39 is 0 Å². The zero-order valence-electron chi connectivity index (χ0n) is 13.3. The molecule has 0 spiro atoms. The highest BCUT2D eigenvalue weighted by Crippen LogP contribution is 2.07. The Kier molecular flexibility index (Phi) is 124. The summed E-state index contributed by atoms with van der Waals surface area (Å²) in [6.07, 6.45) is 11.5. The van der Waals surface area contributed by atoms with E-state index in [9.17, 15) is 0 Å². The van der Waals surface area contributed by atoms with Crippen molar-refractivity contribution in [2.75, 3.05) is 0 Å². The molecule has 0 atom stereocenters. The van der Waals surface area contributed by atoms with Crippen molar-refractivity contribution >= 4 is 0 Å². The molecule has 0 heterocycles. The van der Waals surface area contributed by atoms with E-state index >= 15 is 0 Å². The van der Waals surface area contributed by atoms with Crippen molar-refractivity contribution in [1.82, 2.24) is 0 Å². The summed E-state index contributed by atoms with van der Waals surface area (Å²) < 4.78 is 0. The van der Waals surface area contributed by atoms with Crippen molar-refractivity contribution in [2.24, 2.45) is 0 Å². The van der Waals surface area contributed by atoms with Crippen LogP contribution in [-0.2, 0) is 0 Å². The molecule has 0 aliphatic carbocycles. The lowest BCUT2D eigenvalue weighted by Crippen LogP contribution is -1.77. The van der Waals surface area contributed by atoms with Gasteiger partial charge in [-0.25, -0.2) is 0 Å². The van der Waals surface area contributed by atoms with Crippen molar-refractivity contribution in [1.29, 1.82) is 0 Å². The lowest BCUT2D eigenvalue weighted by Gasteiger charge is -1.97. The van der Waals surface area contributed by atoms with Gasteiger partial charge in [-0.3, -0.25) is 0 Å². The van der Waals surface area contributed by atoms with Crippen LogP contribution in [0.4, 0.5) is 0 Å². The predicted molar refractivity (Wildman–Crippen MR) is 93.3 cm³/mol. The largest absolute Gasteiger partial charge is 0.106 e. The van der Waals surface area contributed by atoms with E-state index in [4.69, 9.17) is 0 Å². The van der Waals surface area contributed by atoms with Gasteiger partial charge in [0.2, 0.25) is 0 Å². The van der Waals surface area contributed by atoms with Crippen molar-refractivity contribution < 1.29 is 0 Å². The molecule has 0 rings (SSSR count). The second kappa shape index (κ2) is 73.7. The first kappa shape index (κ1) is 30.2. The minimum Gasteiger partial charge on any atom is -0.106 e. The highest BCUT2D eigenvalue weighted by molar-refractivity contribution is 4.43. The second-order valence-corrected chi connectivity index (χ2v) is 3.12. The topological polar surface area (TPSA) is 0 Å². The standard InChI is InChI=1S/C10H22.4C2H4/c1-3-5-7-9-10-8-6-4-2;4*1-2/h3-10H2,1-2H3;4*1-2H2. The summed E-state index contributed by atoms with van der Waals surface area (Å²) in [5.74, 6) is 0. The number of hydrogen-bond acceptors (Lipinski definition) is 0. The molecule has 0 amide bonds. The Balaban J connectivity index is -0.0000000596. The summed E-state index contributed by atoms with van der Waals surface area (Å²) in [5, 5.41) is 0. The Hall–Kier alpha value is -1.04. The first-order valence-corrected chi connectivity index (χ1v) is 6.91. The van der Waals surface area contributed by atoms with Gasteiger partial charge in [0, 0.05) is 0 Å². The molecule has 0 N–H and O–H groups in total. The summed E-state index contributed by atoms with van der Waals surface area (Å²) in [7, 11) is 0. The van der Waals surface area contributed by atoms with E-state index in [1.165, 1.54) is 51.4 Å². The molecule has 0 nitrogen and oxygen atoms in total. The minimum atomic E-state index is 1.37. The Labute approximate surface area is 118 Å². The Morgan fingerprint density at radius 1 is 0.389 bits per heavy atom. The van der Waals surface area contributed by atoms with Gasteiger partial charge in [0.25, 0.3) is 0 Å². The van der Waals surface area contributed by atoms with Gasteiger partial charge in [-0.2, -0.15) is 0 Å². The molecule has 110 valence electrons. The molecule has 0 fully saturated rings. The van der Waals surface area contributed by atoms with Crippen LogP contribution < -0.4 is 0 Å². The number of hydrogen-bond donors (Lipinski definition) is 0. The maximum absolute atomic E-state index is 3.00. The van der Waals surface area contributed by atoms with E-state index in [1.54, 1.807) is 0 Å². The summed E-state index contributed by atoms with van der Waals surface area (Å²) in [4.78, 5) is 0. The Morgan fingerprint density at radius 3 is 0.722 bits per heavy atom. The first-order chi connectivity index (χ1) is 8.91. The van der Waals surface area contributed by atoms with Gasteiger partial charge in [-0.15, -0.1) is 52.6 Å². The van der Waals surface area contributed by atoms with Gasteiger partial charge in [-0.1, -0.05) is 65.2 Å². The van der Waals surface area contributed by atoms with E-state index in [0.29, 0.717) is 0 Å². The van der Waals surface area contributed by atoms with Crippen LogP contribution in [0.5, 0.6) is 0 Å². The summed E-state index contributed by atoms with van der Waals surface area (Å²) in [6, 6.07) is 0. The van der Waals surface area contributed by atoms with Gasteiger partial charge in [-0.05, 0) is 0 Å². The summed E-state index contributed by atoms with van der Waals surface area (Å²) in [6.45, 7) is 28.5. The number of unbranched alkanes of at least 4 members (excludes halogenated alkanes) is 7. The molecular formula is C18H38. The third-order valence-corrected chi connectivity index (χ3v) is 1.96. The maximum Gasteiger partial charge on any atom is -0.0533 e. The molecule has 0 aliphatic rings.